The van der Waals surface area contributed by atoms with Crippen molar-refractivity contribution in [3.63, 3.8) is 0 Å². The molecule has 0 aliphatic rings. The van der Waals surface area contributed by atoms with Crippen molar-refractivity contribution in [3.8, 4) is 0 Å². The second-order valence-corrected chi connectivity index (χ2v) is 3.55. The van der Waals surface area contributed by atoms with Crippen molar-refractivity contribution in [1.29, 1.82) is 0 Å². The van der Waals surface area contributed by atoms with Gasteiger partial charge in [-0.15, -0.1) is 0 Å². The number of aldehydes is 1. The van der Waals surface area contributed by atoms with Crippen LogP contribution in [0, 0.1) is 6.92 Å². The summed E-state index contributed by atoms with van der Waals surface area (Å²) >= 11 is 0. The Labute approximate surface area is 102 Å². The van der Waals surface area contributed by atoms with E-state index in [0.29, 0.717) is 12.2 Å². The minimum atomic E-state index is 0.608. The van der Waals surface area contributed by atoms with E-state index < -0.39 is 0 Å². The second-order valence-electron chi connectivity index (χ2n) is 3.55. The summed E-state index contributed by atoms with van der Waals surface area (Å²) in [6, 6.07) is 8.22. The minimum Gasteiger partial charge on any atom is -0.324 e. The monoisotopic (exact) mass is 230 g/mol. The van der Waals surface area contributed by atoms with Gasteiger partial charge >= 0.3 is 0 Å². The molecule has 3 heteroatoms. The molecule has 17 heavy (non-hydrogen) atoms. The average Bonchev–Trinajstić information content (AvgIpc) is 2.79. The summed E-state index contributed by atoms with van der Waals surface area (Å²) in [4.78, 5) is 14.6. The van der Waals surface area contributed by atoms with Crippen LogP contribution in [0.2, 0.25) is 0 Å². The Morgan fingerprint density at radius 2 is 2.12 bits per heavy atom. The van der Waals surface area contributed by atoms with E-state index in [4.69, 9.17) is 0 Å². The number of nitrogens with zero attached hydrogens (tertiary/aromatic N) is 2. The number of hydrogen-bond acceptors (Lipinski definition) is 2. The standard InChI is InChI=1S/C12H12N2O.C2H6/c1-10-3-2-4-11(5-10)7-14-9-13-6-12(14)8-15;1-2/h2-6,8-9H,7H2,1H3;1-2H3. The van der Waals surface area contributed by atoms with Crippen LogP contribution in [0.15, 0.2) is 36.8 Å². The molecule has 1 heterocycles. The fourth-order valence-electron chi connectivity index (χ4n) is 1.57. The minimum absolute atomic E-state index is 0.608. The Morgan fingerprint density at radius 3 is 2.76 bits per heavy atom. The molecule has 2 rings (SSSR count). The van der Waals surface area contributed by atoms with Crippen LogP contribution in [0.4, 0.5) is 0 Å². The molecule has 90 valence electrons. The van der Waals surface area contributed by atoms with Crippen molar-refractivity contribution >= 4 is 6.29 Å². The summed E-state index contributed by atoms with van der Waals surface area (Å²) < 4.78 is 1.84. The molecular formula is C14H18N2O. The Kier molecular flexibility index (Phi) is 5.14. The van der Waals surface area contributed by atoms with E-state index in [9.17, 15) is 4.79 Å². The van der Waals surface area contributed by atoms with Gasteiger partial charge in [0.15, 0.2) is 6.29 Å². The number of imidazole rings is 1. The third-order valence-corrected chi connectivity index (χ3v) is 2.30. The van der Waals surface area contributed by atoms with Crippen LogP contribution in [0.5, 0.6) is 0 Å². The van der Waals surface area contributed by atoms with Crippen molar-refractivity contribution in [2.45, 2.75) is 27.3 Å². The van der Waals surface area contributed by atoms with Gasteiger partial charge in [-0.25, -0.2) is 4.98 Å². The van der Waals surface area contributed by atoms with Crippen LogP contribution < -0.4 is 0 Å². The number of carbonyl (C=O) groups excluding carboxylic acids is 1. The fourth-order valence-corrected chi connectivity index (χ4v) is 1.57. The molecule has 0 radical (unpaired) electrons. The van der Waals surface area contributed by atoms with Gasteiger partial charge in [-0.3, -0.25) is 4.79 Å². The van der Waals surface area contributed by atoms with Crippen LogP contribution in [-0.4, -0.2) is 15.8 Å². The molecule has 0 aliphatic carbocycles. The van der Waals surface area contributed by atoms with Gasteiger partial charge in [-0.1, -0.05) is 43.7 Å². The van der Waals surface area contributed by atoms with Gasteiger partial charge < -0.3 is 4.57 Å². The average molecular weight is 230 g/mol. The quantitative estimate of drug-likeness (QED) is 0.759. The SMILES string of the molecule is CC.Cc1cccc(Cn2cncc2C=O)c1. The predicted molar refractivity (Wildman–Crippen MR) is 69.2 cm³/mol. The summed E-state index contributed by atoms with van der Waals surface area (Å²) in [7, 11) is 0. The van der Waals surface area contributed by atoms with E-state index in [1.807, 2.05) is 30.5 Å². The molecule has 0 spiro atoms. The van der Waals surface area contributed by atoms with Crippen molar-refractivity contribution in [3.05, 3.63) is 53.6 Å². The van der Waals surface area contributed by atoms with Crippen LogP contribution in [0.25, 0.3) is 0 Å². The fraction of sp³-hybridized carbons (Fsp3) is 0.286. The van der Waals surface area contributed by atoms with Crippen molar-refractivity contribution in [1.82, 2.24) is 9.55 Å². The number of aromatic nitrogens is 2. The lowest BCUT2D eigenvalue weighted by Gasteiger charge is -2.05. The van der Waals surface area contributed by atoms with Gasteiger partial charge in [0.2, 0.25) is 0 Å². The maximum Gasteiger partial charge on any atom is 0.168 e. The number of aryl methyl sites for hydroxylation is 1. The van der Waals surface area contributed by atoms with Gasteiger partial charge in [0.1, 0.15) is 5.69 Å². The molecule has 1 aromatic heterocycles. The molecule has 0 aliphatic heterocycles. The summed E-state index contributed by atoms with van der Waals surface area (Å²) in [6.07, 6.45) is 4.07. The smallest absolute Gasteiger partial charge is 0.168 e. The zero-order valence-electron chi connectivity index (χ0n) is 10.6. The van der Waals surface area contributed by atoms with Crippen molar-refractivity contribution < 1.29 is 4.79 Å². The van der Waals surface area contributed by atoms with Gasteiger partial charge in [0.25, 0.3) is 0 Å². The molecular weight excluding hydrogens is 212 g/mol. The summed E-state index contributed by atoms with van der Waals surface area (Å²) in [5.41, 5.74) is 3.01. The summed E-state index contributed by atoms with van der Waals surface area (Å²) in [5.74, 6) is 0. The third kappa shape index (κ3) is 3.55. The zero-order valence-corrected chi connectivity index (χ0v) is 10.6. The molecule has 0 fully saturated rings. The Balaban J connectivity index is 0.000000686. The van der Waals surface area contributed by atoms with E-state index in [1.54, 1.807) is 12.5 Å². The lowest BCUT2D eigenvalue weighted by atomic mass is 10.1. The topological polar surface area (TPSA) is 34.9 Å². The Morgan fingerprint density at radius 1 is 1.35 bits per heavy atom. The Hall–Kier alpha value is -1.90. The lowest BCUT2D eigenvalue weighted by Crippen LogP contribution is -2.02. The highest BCUT2D eigenvalue weighted by molar-refractivity contribution is 5.71. The maximum atomic E-state index is 10.7. The molecule has 0 bridgehead atoms. The molecule has 1 aromatic carbocycles. The van der Waals surface area contributed by atoms with Crippen LogP contribution >= 0.6 is 0 Å². The van der Waals surface area contributed by atoms with Gasteiger partial charge in [-0.05, 0) is 12.5 Å². The first-order chi connectivity index (χ1) is 8.29. The second kappa shape index (κ2) is 6.63. The lowest BCUT2D eigenvalue weighted by molar-refractivity contribution is 0.111. The predicted octanol–water partition coefficient (Wildman–Crippen LogP) is 3.08. The summed E-state index contributed by atoms with van der Waals surface area (Å²) in [6.45, 7) is 6.74. The molecule has 0 atom stereocenters. The Bertz CT molecular complexity index is 475. The number of rotatable bonds is 3. The highest BCUT2D eigenvalue weighted by Crippen LogP contribution is 2.07. The molecule has 0 saturated heterocycles. The zero-order chi connectivity index (χ0) is 12.7. The largest absolute Gasteiger partial charge is 0.324 e. The van der Waals surface area contributed by atoms with Crippen LogP contribution in [0.3, 0.4) is 0 Å². The first-order valence-electron chi connectivity index (χ1n) is 5.80. The number of benzene rings is 1. The highest BCUT2D eigenvalue weighted by atomic mass is 16.1. The first-order valence-corrected chi connectivity index (χ1v) is 5.80. The molecule has 0 amide bonds. The molecule has 0 saturated carbocycles. The summed E-state index contributed by atoms with van der Waals surface area (Å²) in [5, 5.41) is 0. The van der Waals surface area contributed by atoms with Crippen molar-refractivity contribution in [2.24, 2.45) is 0 Å². The van der Waals surface area contributed by atoms with Gasteiger partial charge in [0, 0.05) is 6.54 Å². The molecule has 0 N–H and O–H groups in total. The first kappa shape index (κ1) is 13.2. The van der Waals surface area contributed by atoms with E-state index in [2.05, 4.69) is 24.0 Å². The van der Waals surface area contributed by atoms with E-state index in [1.165, 1.54) is 11.1 Å². The molecule has 2 aromatic rings. The third-order valence-electron chi connectivity index (χ3n) is 2.30. The number of hydrogen-bond donors (Lipinski definition) is 0. The maximum absolute atomic E-state index is 10.7. The molecule has 0 unspecified atom stereocenters. The molecule has 3 nitrogen and oxygen atoms in total. The van der Waals surface area contributed by atoms with Crippen molar-refractivity contribution in [2.75, 3.05) is 0 Å². The van der Waals surface area contributed by atoms with Crippen LogP contribution in [-0.2, 0) is 6.54 Å². The van der Waals surface area contributed by atoms with Gasteiger partial charge in [-0.2, -0.15) is 0 Å². The highest BCUT2D eigenvalue weighted by Gasteiger charge is 2.01. The van der Waals surface area contributed by atoms with Crippen LogP contribution in [0.1, 0.15) is 35.5 Å². The normalized spacial score (nSPS) is 9.35. The van der Waals surface area contributed by atoms with E-state index in [-0.39, 0.29) is 0 Å². The van der Waals surface area contributed by atoms with Gasteiger partial charge in [0.05, 0.1) is 12.5 Å². The van der Waals surface area contributed by atoms with E-state index in [0.717, 1.165) is 6.29 Å². The van der Waals surface area contributed by atoms with E-state index >= 15 is 0 Å². The number of carbonyl (C=O) groups is 1.